The molecule has 2 aromatic carbocycles. The number of anilines is 1. The van der Waals surface area contributed by atoms with E-state index >= 15 is 4.39 Å². The van der Waals surface area contributed by atoms with Crippen molar-refractivity contribution in [3.63, 3.8) is 0 Å². The summed E-state index contributed by atoms with van der Waals surface area (Å²) in [5.74, 6) is 0.573. The number of nitrogens with zero attached hydrogens (tertiary/aromatic N) is 6. The lowest BCUT2D eigenvalue weighted by molar-refractivity contribution is -0.135. The predicted molar refractivity (Wildman–Crippen MR) is 208 cm³/mol. The zero-order valence-corrected chi connectivity index (χ0v) is 32.0. The molecule has 272 valence electrons. The fraction of sp³-hybridized carbons (Fsp3) is 0.463. The highest BCUT2D eigenvalue weighted by atomic mass is 35.5. The number of thiazole rings is 1. The third-order valence-electron chi connectivity index (χ3n) is 12.7. The molecule has 0 unspecified atom stereocenters. The van der Waals surface area contributed by atoms with Crippen molar-refractivity contribution < 1.29 is 9.18 Å². The minimum Gasteiger partial charge on any atom is -0.346 e. The number of pyridine rings is 1. The molecule has 5 aromatic rings. The number of fused-ring (bicyclic) bond motifs is 6. The minimum absolute atomic E-state index is 0.0917. The van der Waals surface area contributed by atoms with Gasteiger partial charge in [-0.05, 0) is 75.1 Å². The highest BCUT2D eigenvalue weighted by Crippen LogP contribution is 2.54. The topological polar surface area (TPSA) is 90.1 Å². The van der Waals surface area contributed by atoms with Crippen LogP contribution in [0.3, 0.4) is 0 Å². The van der Waals surface area contributed by atoms with Gasteiger partial charge < -0.3 is 19.7 Å². The maximum atomic E-state index is 17.3. The number of nitrogens with one attached hydrogen (secondary N) is 1. The second kappa shape index (κ2) is 12.7. The maximum absolute atomic E-state index is 17.3. The fourth-order valence-electron chi connectivity index (χ4n) is 10.1. The van der Waals surface area contributed by atoms with Gasteiger partial charge in [0.1, 0.15) is 5.52 Å². The van der Waals surface area contributed by atoms with Gasteiger partial charge in [0.05, 0.1) is 39.8 Å². The van der Waals surface area contributed by atoms with Gasteiger partial charge in [0.2, 0.25) is 5.91 Å². The second-order valence-electron chi connectivity index (χ2n) is 15.8. The van der Waals surface area contributed by atoms with Crippen LogP contribution in [0.5, 0.6) is 0 Å². The van der Waals surface area contributed by atoms with Crippen LogP contribution >= 0.6 is 34.5 Å². The molecule has 6 aliphatic rings. The smallest absolute Gasteiger partial charge is 0.226 e. The third-order valence-corrected chi connectivity index (χ3v) is 14.7. The van der Waals surface area contributed by atoms with Crippen molar-refractivity contribution >= 4 is 67.4 Å². The molecule has 7 heterocycles. The van der Waals surface area contributed by atoms with Crippen LogP contribution in [0, 0.1) is 41.8 Å². The van der Waals surface area contributed by atoms with E-state index in [1.807, 2.05) is 19.2 Å². The monoisotopic (exact) mass is 767 g/mol. The van der Waals surface area contributed by atoms with Crippen molar-refractivity contribution in [1.82, 2.24) is 24.8 Å². The van der Waals surface area contributed by atoms with Crippen molar-refractivity contribution in [2.45, 2.75) is 83.0 Å². The van der Waals surface area contributed by atoms with Gasteiger partial charge in [-0.2, -0.15) is 5.26 Å². The lowest BCUT2D eigenvalue weighted by Crippen LogP contribution is -2.45. The number of amides is 1. The first-order valence-electron chi connectivity index (χ1n) is 19.0. The molecule has 2 aliphatic carbocycles. The summed E-state index contributed by atoms with van der Waals surface area (Å²) in [4.78, 5) is 30.2. The Kier molecular flexibility index (Phi) is 8.07. The summed E-state index contributed by atoms with van der Waals surface area (Å²) >= 11 is 14.9. The van der Waals surface area contributed by atoms with Crippen LogP contribution in [0.4, 0.5) is 9.52 Å². The van der Waals surface area contributed by atoms with E-state index < -0.39 is 5.82 Å². The molecule has 12 heteroatoms. The number of hydrogen-bond donors (Lipinski definition) is 1. The minimum atomic E-state index is -0.457. The number of likely N-dealkylation sites (tertiary alicyclic amines) is 1. The molecule has 6 fully saturated rings. The number of nitriles is 1. The lowest BCUT2D eigenvalue weighted by Gasteiger charge is -2.40. The molecule has 8 nitrogen and oxygen atoms in total. The second-order valence-corrected chi connectivity index (χ2v) is 17.6. The first kappa shape index (κ1) is 33.8. The standard InChI is InChI=1S/C41H40Cl2FN7OS/c1-3-26-17-47-41(53-26)49-18-24-12-25(19-49)50(40(52)21-9-10-21)38(24)32-15-28-20(2)48-36-29(39(28)51(32)37-23-14-31(37)46-16-23)13-22(6-5-11-45)33(35(36)44)27-7-4-8-30(42)34(27)43/h4,7-8,13,15,17,21,23-25,31,37-38,46H,3,5-6,9-10,12,14,16,18-19H2,1-2H3/t23-,24+,25-,31-,37+,38-/m1/s1. The van der Waals surface area contributed by atoms with Gasteiger partial charge in [-0.1, -0.05) is 42.3 Å². The molecule has 0 radical (unpaired) electrons. The van der Waals surface area contributed by atoms with Gasteiger partial charge in [0.15, 0.2) is 10.9 Å². The van der Waals surface area contributed by atoms with Crippen molar-refractivity contribution in [2.75, 3.05) is 24.5 Å². The van der Waals surface area contributed by atoms with E-state index in [0.29, 0.717) is 40.1 Å². The van der Waals surface area contributed by atoms with Gasteiger partial charge >= 0.3 is 0 Å². The van der Waals surface area contributed by atoms with E-state index in [9.17, 15) is 10.1 Å². The molecule has 2 saturated carbocycles. The number of piperidine rings is 1. The molecule has 4 saturated heterocycles. The Balaban J connectivity index is 1.21. The van der Waals surface area contributed by atoms with Gasteiger partial charge in [0, 0.05) is 88.3 Å². The van der Waals surface area contributed by atoms with Gasteiger partial charge in [0.25, 0.3) is 0 Å². The summed E-state index contributed by atoms with van der Waals surface area (Å²) < 4.78 is 19.8. The Morgan fingerprint density at radius 2 is 2.00 bits per heavy atom. The zero-order valence-electron chi connectivity index (χ0n) is 29.7. The molecule has 0 spiro atoms. The number of aromatic nitrogens is 3. The zero-order chi connectivity index (χ0) is 36.3. The van der Waals surface area contributed by atoms with Crippen LogP contribution in [0.15, 0.2) is 36.5 Å². The lowest BCUT2D eigenvalue weighted by atomic mass is 9.79. The molecular formula is C41H40Cl2FN7OS. The van der Waals surface area contributed by atoms with E-state index in [-0.39, 0.29) is 52.8 Å². The molecular weight excluding hydrogens is 728 g/mol. The summed E-state index contributed by atoms with van der Waals surface area (Å²) in [5, 5.41) is 16.8. The van der Waals surface area contributed by atoms with Crippen molar-refractivity contribution in [3.8, 4) is 17.2 Å². The molecule has 53 heavy (non-hydrogen) atoms. The number of halogens is 3. The summed E-state index contributed by atoms with van der Waals surface area (Å²) in [6, 6.07) is 12.3. The van der Waals surface area contributed by atoms with Crippen molar-refractivity contribution in [1.29, 1.82) is 5.26 Å². The quantitative estimate of drug-likeness (QED) is 0.170. The predicted octanol–water partition coefficient (Wildman–Crippen LogP) is 8.81. The average molecular weight is 769 g/mol. The number of benzene rings is 2. The summed E-state index contributed by atoms with van der Waals surface area (Å²) in [7, 11) is 0. The Morgan fingerprint density at radius 3 is 2.72 bits per heavy atom. The highest BCUT2D eigenvalue weighted by molar-refractivity contribution is 7.15. The van der Waals surface area contributed by atoms with Crippen LogP contribution in [0.25, 0.3) is 32.9 Å². The van der Waals surface area contributed by atoms with E-state index in [1.54, 1.807) is 29.5 Å². The normalized spacial score (nSPS) is 26.1. The summed E-state index contributed by atoms with van der Waals surface area (Å²) in [6.45, 7) is 6.68. The molecule has 3 aromatic heterocycles. The van der Waals surface area contributed by atoms with Crippen LogP contribution in [-0.4, -0.2) is 57.1 Å². The van der Waals surface area contributed by atoms with E-state index in [1.165, 1.54) is 4.88 Å². The van der Waals surface area contributed by atoms with E-state index in [2.05, 4.69) is 38.7 Å². The number of carbonyl (C=O) groups is 1. The Labute approximate surface area is 321 Å². The number of hydrogen-bond acceptors (Lipinski definition) is 7. The van der Waals surface area contributed by atoms with E-state index in [0.717, 1.165) is 84.5 Å². The van der Waals surface area contributed by atoms with Crippen molar-refractivity contribution in [3.05, 3.63) is 74.2 Å². The number of rotatable bonds is 8. The fourth-order valence-corrected chi connectivity index (χ4v) is 11.3. The highest BCUT2D eigenvalue weighted by Gasteiger charge is 2.55. The molecule has 1 amide bonds. The molecule has 4 bridgehead atoms. The van der Waals surface area contributed by atoms with Gasteiger partial charge in [-0.3, -0.25) is 4.79 Å². The average Bonchev–Trinajstić information content (AvgIpc) is 3.54. The first-order valence-corrected chi connectivity index (χ1v) is 20.6. The number of carbonyl (C=O) groups excluding carboxylic acids is 1. The Morgan fingerprint density at radius 1 is 1.15 bits per heavy atom. The maximum Gasteiger partial charge on any atom is 0.226 e. The largest absolute Gasteiger partial charge is 0.346 e. The van der Waals surface area contributed by atoms with Gasteiger partial charge in [-0.15, -0.1) is 11.3 Å². The molecule has 6 atom stereocenters. The van der Waals surface area contributed by atoms with Crippen LogP contribution in [0.1, 0.15) is 72.9 Å². The Hall–Kier alpha value is -3.75. The molecule has 11 rings (SSSR count). The van der Waals surface area contributed by atoms with Crippen LogP contribution < -0.4 is 10.2 Å². The molecule has 4 aliphatic heterocycles. The third kappa shape index (κ3) is 5.17. The first-order chi connectivity index (χ1) is 25.7. The SMILES string of the molecule is CCc1cnc(N2C[C@@H]3C[C@H](C2)N(C(=O)C2CC2)[C@H]3c2cc3c(C)nc4c(F)c(-c5cccc(Cl)c5Cl)c(CCC#N)cc4c3n2[C@H]2[C@H]3CN[C@@H]2C3)s1. The molecule has 1 N–H and O–H groups in total. The van der Waals surface area contributed by atoms with Crippen molar-refractivity contribution in [2.24, 2.45) is 17.8 Å². The van der Waals surface area contributed by atoms with Crippen LogP contribution in [0.2, 0.25) is 10.0 Å². The van der Waals surface area contributed by atoms with E-state index in [4.69, 9.17) is 33.2 Å². The Bertz CT molecular complexity index is 2370. The number of aryl methyl sites for hydroxylation is 3. The van der Waals surface area contributed by atoms with Gasteiger partial charge in [-0.25, -0.2) is 14.4 Å². The summed E-state index contributed by atoms with van der Waals surface area (Å²) in [5.41, 5.74) is 4.67. The summed E-state index contributed by atoms with van der Waals surface area (Å²) in [6.07, 6.45) is 7.48. The van der Waals surface area contributed by atoms with Crippen LogP contribution in [-0.2, 0) is 17.6 Å².